The third-order valence-corrected chi connectivity index (χ3v) is 4.86. The van der Waals surface area contributed by atoms with E-state index in [0.717, 1.165) is 20.9 Å². The minimum atomic E-state index is -0.426. The van der Waals surface area contributed by atoms with Crippen molar-refractivity contribution in [1.82, 2.24) is 14.4 Å². The average molecular weight is 331 g/mol. The molecule has 0 aliphatic heterocycles. The molecular weight excluding hydrogens is 322 g/mol. The molecule has 0 spiro atoms. The van der Waals surface area contributed by atoms with Gasteiger partial charge in [0.05, 0.1) is 15.2 Å². The predicted molar refractivity (Wildman–Crippen MR) is 87.4 cm³/mol. The van der Waals surface area contributed by atoms with Crippen molar-refractivity contribution in [3.05, 3.63) is 44.9 Å². The number of aryl methyl sites for hydroxylation is 1. The number of thiazole rings is 2. The topological polar surface area (TPSA) is 85.4 Å². The van der Waals surface area contributed by atoms with E-state index in [0.29, 0.717) is 4.96 Å². The van der Waals surface area contributed by atoms with E-state index in [1.165, 1.54) is 15.7 Å². The molecule has 0 amide bonds. The van der Waals surface area contributed by atoms with Crippen molar-refractivity contribution >= 4 is 55.2 Å². The Morgan fingerprint density at radius 3 is 3.05 bits per heavy atom. The summed E-state index contributed by atoms with van der Waals surface area (Å²) in [5, 5.41) is 17.1. The second-order valence-electron chi connectivity index (χ2n) is 4.64. The monoisotopic (exact) mass is 331 g/mol. The molecule has 0 bridgehead atoms. The lowest BCUT2D eigenvalue weighted by Gasteiger charge is -2.03. The van der Waals surface area contributed by atoms with Crippen LogP contribution in [0.4, 0.5) is 17.3 Å². The molecule has 4 rings (SSSR count). The van der Waals surface area contributed by atoms with Crippen LogP contribution in [0.3, 0.4) is 0 Å². The van der Waals surface area contributed by atoms with Crippen LogP contribution in [0.5, 0.6) is 0 Å². The quantitative estimate of drug-likeness (QED) is 0.453. The highest BCUT2D eigenvalue weighted by molar-refractivity contribution is 7.18. The van der Waals surface area contributed by atoms with E-state index in [4.69, 9.17) is 0 Å². The first-order chi connectivity index (χ1) is 10.6. The summed E-state index contributed by atoms with van der Waals surface area (Å²) in [6.07, 6.45) is 1.64. The van der Waals surface area contributed by atoms with E-state index < -0.39 is 4.92 Å². The molecule has 0 atom stereocenters. The summed E-state index contributed by atoms with van der Waals surface area (Å²) in [5.41, 5.74) is 1.68. The maximum absolute atomic E-state index is 11.3. The summed E-state index contributed by atoms with van der Waals surface area (Å²) < 4.78 is 2.51. The van der Waals surface area contributed by atoms with Crippen molar-refractivity contribution in [1.29, 1.82) is 0 Å². The fourth-order valence-corrected chi connectivity index (χ4v) is 3.86. The van der Waals surface area contributed by atoms with Gasteiger partial charge in [-0.15, -0.1) is 11.3 Å². The Hall–Kier alpha value is -2.52. The molecular formula is C13H9N5O2S2. The molecule has 1 N–H and O–H groups in total. The summed E-state index contributed by atoms with van der Waals surface area (Å²) in [6, 6.07) is 5.67. The fraction of sp³-hybridized carbons (Fsp3) is 0.0769. The number of fused-ring (bicyclic) bond motifs is 2. The van der Waals surface area contributed by atoms with Gasteiger partial charge in [-0.1, -0.05) is 11.3 Å². The van der Waals surface area contributed by atoms with Crippen molar-refractivity contribution in [3.63, 3.8) is 0 Å². The molecule has 1 aromatic carbocycles. The van der Waals surface area contributed by atoms with E-state index in [1.807, 2.05) is 25.1 Å². The van der Waals surface area contributed by atoms with Crippen LogP contribution in [0.2, 0.25) is 0 Å². The molecule has 0 fully saturated rings. The molecule has 3 aromatic heterocycles. The Morgan fingerprint density at radius 1 is 1.36 bits per heavy atom. The number of hydrogen-bond acceptors (Lipinski definition) is 7. The lowest BCUT2D eigenvalue weighted by Crippen LogP contribution is -1.98. The number of imidazole rings is 1. The molecule has 7 nitrogen and oxygen atoms in total. The standard InChI is InChI=1S/C13H9N5O2S2/c1-7-14-9-3-2-8(6-10(9)22-7)15-11-12(18(19)20)17-4-5-21-13(17)16-11/h2-6,15H,1H3. The van der Waals surface area contributed by atoms with Gasteiger partial charge in [0, 0.05) is 11.1 Å². The molecule has 22 heavy (non-hydrogen) atoms. The molecule has 3 heterocycles. The highest BCUT2D eigenvalue weighted by Gasteiger charge is 2.23. The van der Waals surface area contributed by atoms with Crippen molar-refractivity contribution in [2.75, 3.05) is 5.32 Å². The number of rotatable bonds is 3. The fourth-order valence-electron chi connectivity index (χ4n) is 2.29. The summed E-state index contributed by atoms with van der Waals surface area (Å²) in [6.45, 7) is 1.95. The van der Waals surface area contributed by atoms with E-state index in [-0.39, 0.29) is 11.6 Å². The lowest BCUT2D eigenvalue weighted by molar-refractivity contribution is -0.389. The van der Waals surface area contributed by atoms with E-state index in [2.05, 4.69) is 15.3 Å². The predicted octanol–water partition coefficient (Wildman–Crippen LogP) is 3.97. The number of hydrogen-bond donors (Lipinski definition) is 1. The van der Waals surface area contributed by atoms with Crippen LogP contribution < -0.4 is 5.32 Å². The Balaban J connectivity index is 1.79. The summed E-state index contributed by atoms with van der Waals surface area (Å²) in [7, 11) is 0. The minimum Gasteiger partial charge on any atom is -0.358 e. The SMILES string of the molecule is Cc1nc2ccc(Nc3nc4sccn4c3[N+](=O)[O-])cc2s1. The molecule has 0 saturated carbocycles. The van der Waals surface area contributed by atoms with Crippen LogP contribution in [0.25, 0.3) is 15.2 Å². The van der Waals surface area contributed by atoms with Crippen molar-refractivity contribution in [2.45, 2.75) is 6.92 Å². The van der Waals surface area contributed by atoms with Gasteiger partial charge < -0.3 is 15.4 Å². The summed E-state index contributed by atoms with van der Waals surface area (Å²) in [5.74, 6) is 0.189. The normalized spacial score (nSPS) is 11.3. The molecule has 9 heteroatoms. The van der Waals surface area contributed by atoms with E-state index >= 15 is 0 Å². The summed E-state index contributed by atoms with van der Waals surface area (Å²) >= 11 is 2.94. The number of nitrogens with one attached hydrogen (secondary N) is 1. The van der Waals surface area contributed by atoms with Gasteiger partial charge in [0.1, 0.15) is 6.20 Å². The third kappa shape index (κ3) is 2.02. The Labute approximate surface area is 132 Å². The average Bonchev–Trinajstić information content (AvgIpc) is 3.10. The third-order valence-electron chi connectivity index (χ3n) is 3.17. The molecule has 110 valence electrons. The van der Waals surface area contributed by atoms with Gasteiger partial charge in [-0.3, -0.25) is 0 Å². The van der Waals surface area contributed by atoms with Gasteiger partial charge in [-0.25, -0.2) is 4.98 Å². The van der Waals surface area contributed by atoms with Crippen LogP contribution in [-0.2, 0) is 0 Å². The molecule has 0 aliphatic rings. The molecule has 0 unspecified atom stereocenters. The lowest BCUT2D eigenvalue weighted by atomic mass is 10.3. The number of aromatic nitrogens is 3. The van der Waals surface area contributed by atoms with Crippen LogP contribution >= 0.6 is 22.7 Å². The van der Waals surface area contributed by atoms with Gasteiger partial charge in [0.2, 0.25) is 5.82 Å². The number of nitrogens with zero attached hydrogens (tertiary/aromatic N) is 4. The zero-order chi connectivity index (χ0) is 15.3. The Kier molecular flexibility index (Phi) is 2.84. The number of anilines is 2. The van der Waals surface area contributed by atoms with Gasteiger partial charge in [0.25, 0.3) is 4.96 Å². The van der Waals surface area contributed by atoms with E-state index in [1.54, 1.807) is 22.9 Å². The maximum Gasteiger partial charge on any atom is 0.373 e. The largest absolute Gasteiger partial charge is 0.373 e. The second kappa shape index (κ2) is 4.75. The van der Waals surface area contributed by atoms with Crippen LogP contribution in [0.1, 0.15) is 5.01 Å². The number of nitro groups is 1. The van der Waals surface area contributed by atoms with Crippen LogP contribution in [0.15, 0.2) is 29.8 Å². The van der Waals surface area contributed by atoms with Gasteiger partial charge in [0.15, 0.2) is 0 Å². The first-order valence-electron chi connectivity index (χ1n) is 6.36. The summed E-state index contributed by atoms with van der Waals surface area (Å²) in [4.78, 5) is 20.2. The zero-order valence-corrected chi connectivity index (χ0v) is 12.9. The maximum atomic E-state index is 11.3. The van der Waals surface area contributed by atoms with Crippen molar-refractivity contribution < 1.29 is 4.92 Å². The molecule has 4 aromatic rings. The van der Waals surface area contributed by atoms with Gasteiger partial charge in [-0.05, 0) is 30.0 Å². The van der Waals surface area contributed by atoms with Crippen molar-refractivity contribution in [3.8, 4) is 0 Å². The highest BCUT2D eigenvalue weighted by atomic mass is 32.1. The smallest absolute Gasteiger partial charge is 0.358 e. The van der Waals surface area contributed by atoms with Crippen LogP contribution in [0, 0.1) is 17.0 Å². The van der Waals surface area contributed by atoms with E-state index in [9.17, 15) is 10.1 Å². The Morgan fingerprint density at radius 2 is 2.23 bits per heavy atom. The first-order valence-corrected chi connectivity index (χ1v) is 8.05. The molecule has 0 radical (unpaired) electrons. The highest BCUT2D eigenvalue weighted by Crippen LogP contribution is 2.32. The first kappa shape index (κ1) is 13.2. The van der Waals surface area contributed by atoms with Crippen LogP contribution in [-0.4, -0.2) is 19.3 Å². The Bertz CT molecular complexity index is 1020. The molecule has 0 aliphatic carbocycles. The van der Waals surface area contributed by atoms with Gasteiger partial charge in [-0.2, -0.15) is 9.38 Å². The minimum absolute atomic E-state index is 0.0585. The second-order valence-corrected chi connectivity index (χ2v) is 6.74. The molecule has 0 saturated heterocycles. The van der Waals surface area contributed by atoms with Crippen molar-refractivity contribution in [2.24, 2.45) is 0 Å². The number of benzene rings is 1. The zero-order valence-electron chi connectivity index (χ0n) is 11.3. The van der Waals surface area contributed by atoms with Gasteiger partial charge >= 0.3 is 5.82 Å².